The van der Waals surface area contributed by atoms with Gasteiger partial charge in [0.05, 0.1) is 11.3 Å². The largest absolute Gasteiger partial charge is 0.427 e. The summed E-state index contributed by atoms with van der Waals surface area (Å²) in [5.74, 6) is -0.126. The summed E-state index contributed by atoms with van der Waals surface area (Å²) in [7, 11) is 0. The van der Waals surface area contributed by atoms with Crippen LogP contribution in [0.2, 0.25) is 0 Å². The number of hydrogen-bond donors (Lipinski definition) is 0. The first-order valence-electron chi connectivity index (χ1n) is 8.00. The molecule has 3 rings (SSSR count). The minimum atomic E-state index is -0.540. The van der Waals surface area contributed by atoms with Crippen molar-refractivity contribution in [3.63, 3.8) is 0 Å². The summed E-state index contributed by atoms with van der Waals surface area (Å²) in [6, 6.07) is 16.1. The van der Waals surface area contributed by atoms with Gasteiger partial charge in [-0.3, -0.25) is 4.79 Å². The van der Waals surface area contributed by atoms with Gasteiger partial charge in [-0.1, -0.05) is 35.5 Å². The van der Waals surface area contributed by atoms with E-state index >= 15 is 0 Å². The van der Waals surface area contributed by atoms with Gasteiger partial charge in [-0.05, 0) is 30.7 Å². The first-order valence-corrected chi connectivity index (χ1v) is 8.00. The Morgan fingerprint density at radius 2 is 1.85 bits per heavy atom. The van der Waals surface area contributed by atoms with E-state index in [2.05, 4.69) is 5.16 Å². The van der Waals surface area contributed by atoms with Crippen LogP contribution in [0.1, 0.15) is 25.0 Å². The highest BCUT2D eigenvalue weighted by Gasteiger charge is 2.10. The first kappa shape index (κ1) is 17.4. The Morgan fingerprint density at radius 3 is 2.58 bits per heavy atom. The molecule has 1 heterocycles. The fourth-order valence-corrected chi connectivity index (χ4v) is 2.40. The van der Waals surface area contributed by atoms with Crippen LogP contribution in [-0.2, 0) is 16.2 Å². The van der Waals surface area contributed by atoms with Crippen molar-refractivity contribution < 1.29 is 18.8 Å². The van der Waals surface area contributed by atoms with E-state index < -0.39 is 11.6 Å². The van der Waals surface area contributed by atoms with E-state index in [0.717, 1.165) is 5.56 Å². The predicted octanol–water partition coefficient (Wildman–Crippen LogP) is 3.66. The zero-order chi connectivity index (χ0) is 18.5. The van der Waals surface area contributed by atoms with E-state index in [1.165, 1.54) is 13.0 Å². The second-order valence-electron chi connectivity index (χ2n) is 5.68. The van der Waals surface area contributed by atoms with Crippen molar-refractivity contribution in [2.24, 2.45) is 5.16 Å². The fraction of sp³-hybridized carbons (Fsp3) is 0.150. The molecule has 2 aromatic carbocycles. The highest BCUT2D eigenvalue weighted by molar-refractivity contribution is 6.00. The number of ether oxygens (including phenoxy) is 1. The van der Waals surface area contributed by atoms with Crippen molar-refractivity contribution in [2.75, 3.05) is 0 Å². The third-order valence-electron chi connectivity index (χ3n) is 3.63. The maximum absolute atomic E-state index is 12.2. The van der Waals surface area contributed by atoms with Gasteiger partial charge in [0.2, 0.25) is 0 Å². The molecule has 3 aromatic rings. The van der Waals surface area contributed by atoms with Crippen molar-refractivity contribution in [3.8, 4) is 5.75 Å². The summed E-state index contributed by atoms with van der Waals surface area (Å²) in [6.45, 7) is 3.29. The number of carbonyl (C=O) groups excluding carboxylic acids is 1. The molecule has 0 radical (unpaired) electrons. The number of benzene rings is 2. The molecule has 6 nitrogen and oxygen atoms in total. The summed E-state index contributed by atoms with van der Waals surface area (Å²) in [4.78, 5) is 28.6. The van der Waals surface area contributed by atoms with Crippen molar-refractivity contribution in [1.82, 2.24) is 0 Å². The van der Waals surface area contributed by atoms with Gasteiger partial charge in [-0.25, -0.2) is 4.79 Å². The Hall–Kier alpha value is -3.41. The number of rotatable bonds is 5. The summed E-state index contributed by atoms with van der Waals surface area (Å²) in [6.07, 6.45) is 0. The Kier molecular flexibility index (Phi) is 5.12. The molecule has 1 aromatic heterocycles. The zero-order valence-corrected chi connectivity index (χ0v) is 14.4. The maximum atomic E-state index is 12.2. The summed E-state index contributed by atoms with van der Waals surface area (Å²) in [5.41, 5.74) is 1.50. The fourth-order valence-electron chi connectivity index (χ4n) is 2.40. The van der Waals surface area contributed by atoms with E-state index in [-0.39, 0.29) is 0 Å². The van der Waals surface area contributed by atoms with Crippen LogP contribution in [0.4, 0.5) is 0 Å². The molecule has 0 saturated carbocycles. The zero-order valence-electron chi connectivity index (χ0n) is 14.4. The van der Waals surface area contributed by atoms with Crippen molar-refractivity contribution >= 4 is 22.7 Å². The van der Waals surface area contributed by atoms with Crippen LogP contribution in [0.25, 0.3) is 11.0 Å². The first-order chi connectivity index (χ1) is 12.5. The Labute approximate surface area is 149 Å². The number of oxime groups is 1. The number of esters is 1. The molecule has 0 atom stereocenters. The van der Waals surface area contributed by atoms with Crippen LogP contribution in [0.5, 0.6) is 5.75 Å². The molecule has 0 fully saturated rings. The number of nitrogens with zero attached hydrogens (tertiary/aromatic N) is 1. The van der Waals surface area contributed by atoms with Crippen LogP contribution in [-0.4, -0.2) is 11.7 Å². The van der Waals surface area contributed by atoms with Gasteiger partial charge >= 0.3 is 11.6 Å². The lowest BCUT2D eigenvalue weighted by Crippen LogP contribution is -2.12. The smallest absolute Gasteiger partial charge is 0.345 e. The summed E-state index contributed by atoms with van der Waals surface area (Å²) < 4.78 is 10.3. The van der Waals surface area contributed by atoms with Crippen LogP contribution >= 0.6 is 0 Å². The lowest BCUT2D eigenvalue weighted by atomic mass is 10.1. The average Bonchev–Trinajstić information content (AvgIpc) is 2.61. The number of fused-ring (bicyclic) bond motifs is 1. The molecule has 0 N–H and O–H groups in total. The van der Waals surface area contributed by atoms with Gasteiger partial charge in [-0.2, -0.15) is 0 Å². The third-order valence-corrected chi connectivity index (χ3v) is 3.63. The van der Waals surface area contributed by atoms with E-state index in [1.54, 1.807) is 25.1 Å². The maximum Gasteiger partial charge on any atom is 0.345 e. The minimum Gasteiger partial charge on any atom is -0.427 e. The Morgan fingerprint density at radius 1 is 1.08 bits per heavy atom. The monoisotopic (exact) mass is 351 g/mol. The van der Waals surface area contributed by atoms with Crippen LogP contribution in [0, 0.1) is 0 Å². The normalized spacial score (nSPS) is 11.4. The summed E-state index contributed by atoms with van der Waals surface area (Å²) in [5, 5.41) is 4.69. The van der Waals surface area contributed by atoms with E-state index in [4.69, 9.17) is 14.0 Å². The van der Waals surface area contributed by atoms with Gasteiger partial charge < -0.3 is 14.0 Å². The lowest BCUT2D eigenvalue weighted by molar-refractivity contribution is -0.131. The average molecular weight is 351 g/mol. The van der Waals surface area contributed by atoms with Crippen molar-refractivity contribution in [1.29, 1.82) is 0 Å². The third kappa shape index (κ3) is 4.16. The molecule has 0 aliphatic heterocycles. The van der Waals surface area contributed by atoms with Crippen LogP contribution < -0.4 is 10.4 Å². The topological polar surface area (TPSA) is 78.1 Å². The SMILES string of the molecule is CC(=O)Oc1ccc2cc(/C(C)=N/OCc3ccccc3)c(=O)oc2c1. The van der Waals surface area contributed by atoms with Crippen molar-refractivity contribution in [2.45, 2.75) is 20.5 Å². The molecule has 0 bridgehead atoms. The molecule has 132 valence electrons. The number of hydrogen-bond acceptors (Lipinski definition) is 6. The number of carbonyl (C=O) groups is 1. The molecule has 0 aliphatic carbocycles. The van der Waals surface area contributed by atoms with Gasteiger partial charge in [-0.15, -0.1) is 0 Å². The summed E-state index contributed by atoms with van der Waals surface area (Å²) >= 11 is 0. The van der Waals surface area contributed by atoms with Crippen LogP contribution in [0.15, 0.2) is 69.0 Å². The molecule has 0 spiro atoms. The molecular formula is C20H17NO5. The van der Waals surface area contributed by atoms with Gasteiger partial charge in [0.15, 0.2) is 0 Å². The molecule has 0 saturated heterocycles. The second-order valence-corrected chi connectivity index (χ2v) is 5.68. The molecule has 0 amide bonds. The molecule has 0 unspecified atom stereocenters. The standard InChI is InChI=1S/C20H17NO5/c1-13(21-24-12-15-6-4-3-5-7-15)18-10-16-8-9-17(25-14(2)22)11-19(16)26-20(18)23/h3-11H,12H2,1-2H3/b21-13+. The van der Waals surface area contributed by atoms with Crippen LogP contribution in [0.3, 0.4) is 0 Å². The van der Waals surface area contributed by atoms with Crippen molar-refractivity contribution in [3.05, 3.63) is 76.1 Å². The molecular weight excluding hydrogens is 334 g/mol. The second kappa shape index (κ2) is 7.65. The van der Waals surface area contributed by atoms with E-state index in [0.29, 0.717) is 34.6 Å². The highest BCUT2D eigenvalue weighted by Crippen LogP contribution is 2.21. The predicted molar refractivity (Wildman–Crippen MR) is 97.2 cm³/mol. The van der Waals surface area contributed by atoms with Gasteiger partial charge in [0, 0.05) is 18.4 Å². The molecule has 26 heavy (non-hydrogen) atoms. The van der Waals surface area contributed by atoms with Gasteiger partial charge in [0.25, 0.3) is 0 Å². The van der Waals surface area contributed by atoms with E-state index in [1.807, 2.05) is 30.3 Å². The lowest BCUT2D eigenvalue weighted by Gasteiger charge is -2.05. The molecule has 6 heteroatoms. The van der Waals surface area contributed by atoms with Gasteiger partial charge in [0.1, 0.15) is 17.9 Å². The molecule has 0 aliphatic rings. The van der Waals surface area contributed by atoms with E-state index in [9.17, 15) is 9.59 Å². The minimum absolute atomic E-state index is 0.308. The Bertz CT molecular complexity index is 1020. The quantitative estimate of drug-likeness (QED) is 0.230. The highest BCUT2D eigenvalue weighted by atomic mass is 16.6. The Balaban J connectivity index is 1.82.